The fourth-order valence-electron chi connectivity index (χ4n) is 3.24. The minimum atomic E-state index is -1.43. The van der Waals surface area contributed by atoms with Gasteiger partial charge in [0.25, 0.3) is 0 Å². The van der Waals surface area contributed by atoms with Crippen LogP contribution in [0.3, 0.4) is 0 Å². The maximum atomic E-state index is 12.5. The lowest BCUT2D eigenvalue weighted by atomic mass is 9.85. The highest BCUT2D eigenvalue weighted by Gasteiger charge is 2.40. The van der Waals surface area contributed by atoms with E-state index in [0.29, 0.717) is 5.57 Å². The molecule has 0 fully saturated rings. The summed E-state index contributed by atoms with van der Waals surface area (Å²) in [7, 11) is 0. The van der Waals surface area contributed by atoms with Crippen molar-refractivity contribution in [3.05, 3.63) is 34.6 Å². The zero-order valence-corrected chi connectivity index (χ0v) is 17.9. The average Bonchev–Trinajstić information content (AvgIpc) is 2.96. The van der Waals surface area contributed by atoms with Gasteiger partial charge in [0.15, 0.2) is 0 Å². The van der Waals surface area contributed by atoms with Crippen LogP contribution in [0.15, 0.2) is 34.6 Å². The van der Waals surface area contributed by atoms with Crippen molar-refractivity contribution in [3.63, 3.8) is 0 Å². The van der Waals surface area contributed by atoms with Crippen LogP contribution < -0.4 is 0 Å². The number of carbonyl (C=O) groups excluding carboxylic acids is 4. The Morgan fingerprint density at radius 2 is 2.00 bits per heavy atom. The van der Waals surface area contributed by atoms with Crippen LogP contribution in [-0.2, 0) is 33.4 Å². The SMILES string of the molecule is CC=C(C)C(=O)OC1CC(C)C(=O)CCC(C)(O)C=C2OC(=O)C(COC(C)=O)=C21. The van der Waals surface area contributed by atoms with Gasteiger partial charge < -0.3 is 19.3 Å². The molecule has 8 heteroatoms. The number of Topliss-reactive ketones (excluding diaryl/α,β-unsaturated/α-hetero) is 1. The maximum Gasteiger partial charge on any atom is 0.343 e. The summed E-state index contributed by atoms with van der Waals surface area (Å²) in [5.41, 5.74) is -0.849. The van der Waals surface area contributed by atoms with Gasteiger partial charge in [-0.2, -0.15) is 0 Å². The van der Waals surface area contributed by atoms with Gasteiger partial charge in [-0.1, -0.05) is 13.0 Å². The fraction of sp³-hybridized carbons (Fsp3) is 0.545. The highest BCUT2D eigenvalue weighted by Crippen LogP contribution is 2.37. The molecule has 30 heavy (non-hydrogen) atoms. The summed E-state index contributed by atoms with van der Waals surface area (Å²) in [4.78, 5) is 48.8. The number of allylic oxidation sites excluding steroid dienone is 1. The van der Waals surface area contributed by atoms with E-state index < -0.39 is 35.5 Å². The summed E-state index contributed by atoms with van der Waals surface area (Å²) < 4.78 is 16.0. The molecule has 0 bridgehead atoms. The van der Waals surface area contributed by atoms with Crippen LogP contribution in [-0.4, -0.2) is 47.1 Å². The Kier molecular flexibility index (Phi) is 7.36. The first-order valence-electron chi connectivity index (χ1n) is 9.86. The third kappa shape index (κ3) is 5.66. The number of ketones is 1. The van der Waals surface area contributed by atoms with Crippen LogP contribution in [0.2, 0.25) is 0 Å². The van der Waals surface area contributed by atoms with Gasteiger partial charge >= 0.3 is 17.9 Å². The summed E-state index contributed by atoms with van der Waals surface area (Å²) in [5, 5.41) is 10.7. The molecule has 0 aromatic carbocycles. The molecule has 1 aliphatic carbocycles. The molecule has 1 aliphatic heterocycles. The number of hydrogen-bond donors (Lipinski definition) is 1. The molecule has 0 saturated heterocycles. The Bertz CT molecular complexity index is 843. The number of fused-ring (bicyclic) bond motifs is 1. The van der Waals surface area contributed by atoms with Crippen molar-refractivity contribution in [2.45, 2.75) is 65.6 Å². The summed E-state index contributed by atoms with van der Waals surface area (Å²) in [6.07, 6.45) is 2.32. The zero-order valence-electron chi connectivity index (χ0n) is 17.9. The van der Waals surface area contributed by atoms with Gasteiger partial charge in [-0.25, -0.2) is 9.59 Å². The van der Waals surface area contributed by atoms with Gasteiger partial charge in [-0.15, -0.1) is 0 Å². The van der Waals surface area contributed by atoms with Crippen molar-refractivity contribution in [3.8, 4) is 0 Å². The molecule has 0 radical (unpaired) electrons. The molecule has 0 saturated carbocycles. The standard InChI is InChI=1S/C22H28O8/c1-6-12(2)20(25)29-17-9-13(3)16(24)7-8-22(5,27)10-18-19(17)15(21(26)30-18)11-28-14(4)23/h6,10,13,17,27H,7-9,11H2,1-5H3. The van der Waals surface area contributed by atoms with Crippen LogP contribution in [0.5, 0.6) is 0 Å². The molecule has 0 aromatic rings. The number of ether oxygens (including phenoxy) is 3. The molecule has 1 N–H and O–H groups in total. The minimum absolute atomic E-state index is 0.0170. The number of rotatable bonds is 4. The first-order valence-corrected chi connectivity index (χ1v) is 9.86. The average molecular weight is 420 g/mol. The molecule has 164 valence electrons. The predicted molar refractivity (Wildman–Crippen MR) is 106 cm³/mol. The predicted octanol–water partition coefficient (Wildman–Crippen LogP) is 2.30. The van der Waals surface area contributed by atoms with Crippen LogP contribution in [0.1, 0.15) is 53.9 Å². The monoisotopic (exact) mass is 420 g/mol. The van der Waals surface area contributed by atoms with E-state index in [2.05, 4.69) is 0 Å². The van der Waals surface area contributed by atoms with E-state index in [1.807, 2.05) is 0 Å². The quantitative estimate of drug-likeness (QED) is 0.418. The lowest BCUT2D eigenvalue weighted by molar-refractivity contribution is -0.144. The van der Waals surface area contributed by atoms with Crippen molar-refractivity contribution in [1.29, 1.82) is 0 Å². The molecule has 0 amide bonds. The maximum absolute atomic E-state index is 12.5. The molecule has 3 atom stereocenters. The van der Waals surface area contributed by atoms with Crippen molar-refractivity contribution >= 4 is 23.7 Å². The van der Waals surface area contributed by atoms with E-state index in [1.165, 1.54) is 19.9 Å². The van der Waals surface area contributed by atoms with Crippen LogP contribution in [0.25, 0.3) is 0 Å². The second kappa shape index (κ2) is 9.38. The van der Waals surface area contributed by atoms with Gasteiger partial charge in [-0.3, -0.25) is 9.59 Å². The summed E-state index contributed by atoms with van der Waals surface area (Å²) in [6, 6.07) is 0. The van der Waals surface area contributed by atoms with Gasteiger partial charge in [0, 0.05) is 30.4 Å². The minimum Gasteiger partial charge on any atom is -0.461 e. The number of hydrogen-bond acceptors (Lipinski definition) is 8. The topological polar surface area (TPSA) is 116 Å². The van der Waals surface area contributed by atoms with Crippen molar-refractivity contribution < 1.29 is 38.5 Å². The summed E-state index contributed by atoms with van der Waals surface area (Å²) in [6.45, 7) is 7.31. The third-order valence-electron chi connectivity index (χ3n) is 5.22. The Labute approximate surface area is 175 Å². The number of aliphatic hydroxyl groups is 1. The third-order valence-corrected chi connectivity index (χ3v) is 5.22. The van der Waals surface area contributed by atoms with E-state index in [0.717, 1.165) is 0 Å². The molecule has 8 nitrogen and oxygen atoms in total. The van der Waals surface area contributed by atoms with Gasteiger partial charge in [0.05, 0.1) is 11.2 Å². The highest BCUT2D eigenvalue weighted by molar-refractivity contribution is 5.96. The normalized spacial score (nSPS) is 27.8. The van der Waals surface area contributed by atoms with Crippen LogP contribution in [0, 0.1) is 5.92 Å². The summed E-state index contributed by atoms with van der Waals surface area (Å²) in [5.74, 6) is -2.50. The second-order valence-electron chi connectivity index (χ2n) is 7.90. The fourth-order valence-corrected chi connectivity index (χ4v) is 3.24. The van der Waals surface area contributed by atoms with E-state index in [1.54, 1.807) is 26.8 Å². The second-order valence-corrected chi connectivity index (χ2v) is 7.90. The van der Waals surface area contributed by atoms with Gasteiger partial charge in [-0.05, 0) is 39.7 Å². The van der Waals surface area contributed by atoms with E-state index in [-0.39, 0.29) is 48.6 Å². The lowest BCUT2D eigenvalue weighted by Crippen LogP contribution is -2.31. The molecule has 2 rings (SSSR count). The molecular weight excluding hydrogens is 392 g/mol. The van der Waals surface area contributed by atoms with Crippen LogP contribution in [0.4, 0.5) is 0 Å². The van der Waals surface area contributed by atoms with Crippen LogP contribution >= 0.6 is 0 Å². The molecule has 2 aliphatic rings. The Morgan fingerprint density at radius 1 is 1.33 bits per heavy atom. The van der Waals surface area contributed by atoms with Crippen molar-refractivity contribution in [1.82, 2.24) is 0 Å². The number of carbonyl (C=O) groups is 4. The first kappa shape index (κ1) is 23.5. The highest BCUT2D eigenvalue weighted by atomic mass is 16.6. The smallest absolute Gasteiger partial charge is 0.343 e. The summed E-state index contributed by atoms with van der Waals surface area (Å²) >= 11 is 0. The van der Waals surface area contributed by atoms with E-state index in [4.69, 9.17) is 14.2 Å². The number of esters is 3. The molecule has 1 heterocycles. The van der Waals surface area contributed by atoms with Gasteiger partial charge in [0.1, 0.15) is 24.3 Å². The first-order chi connectivity index (χ1) is 13.9. The molecule has 3 unspecified atom stereocenters. The molecule has 0 aromatic heterocycles. The van der Waals surface area contributed by atoms with Crippen molar-refractivity contribution in [2.24, 2.45) is 5.92 Å². The Balaban J connectivity index is 2.62. The Morgan fingerprint density at radius 3 is 2.60 bits per heavy atom. The van der Waals surface area contributed by atoms with Gasteiger partial charge in [0.2, 0.25) is 0 Å². The Hall–Kier alpha value is -2.74. The molecular formula is C22H28O8. The van der Waals surface area contributed by atoms with E-state index >= 15 is 0 Å². The van der Waals surface area contributed by atoms with Crippen molar-refractivity contribution in [2.75, 3.05) is 6.61 Å². The molecule has 0 spiro atoms. The zero-order chi connectivity index (χ0) is 22.6. The largest absolute Gasteiger partial charge is 0.461 e. The lowest BCUT2D eigenvalue weighted by Gasteiger charge is -2.27. The van der Waals surface area contributed by atoms with E-state index in [9.17, 15) is 24.3 Å².